The molecule has 2 heterocycles. The normalized spacial score (nSPS) is 18.0. The number of benzene rings is 1. The Bertz CT molecular complexity index is 1100. The van der Waals surface area contributed by atoms with Crippen molar-refractivity contribution in [1.29, 1.82) is 0 Å². The molecule has 2 aromatic heterocycles. The third kappa shape index (κ3) is 5.52. The van der Waals surface area contributed by atoms with Gasteiger partial charge in [0.25, 0.3) is 0 Å². The number of rotatable bonds is 7. The first-order valence-corrected chi connectivity index (χ1v) is 10.4. The first kappa shape index (κ1) is 21.6. The number of ether oxygens (including phenoxy) is 1. The number of pyridine rings is 1. The number of nitrogens with zero attached hydrogens (tertiary/aromatic N) is 3. The molecule has 1 fully saturated rings. The highest BCUT2D eigenvalue weighted by Crippen LogP contribution is 2.27. The molecule has 0 bridgehead atoms. The van der Waals surface area contributed by atoms with E-state index in [1.807, 2.05) is 0 Å². The second-order valence-electron chi connectivity index (χ2n) is 7.32. The molecule has 3 aromatic rings. The Labute approximate surface area is 188 Å². The predicted octanol–water partition coefficient (Wildman–Crippen LogP) is 4.14. The zero-order valence-electron chi connectivity index (χ0n) is 16.8. The van der Waals surface area contributed by atoms with Crippen molar-refractivity contribution in [3.05, 3.63) is 53.5 Å². The van der Waals surface area contributed by atoms with Crippen molar-refractivity contribution in [2.75, 3.05) is 10.6 Å². The summed E-state index contributed by atoms with van der Waals surface area (Å²) in [4.78, 5) is 27.6. The molecule has 0 radical (unpaired) electrons. The van der Waals surface area contributed by atoms with Crippen molar-refractivity contribution in [2.24, 2.45) is 5.92 Å². The maximum absolute atomic E-state index is 12.4. The first-order valence-electron chi connectivity index (χ1n) is 9.99. The Morgan fingerprint density at radius 3 is 2.59 bits per heavy atom. The predicted molar refractivity (Wildman–Crippen MR) is 115 cm³/mol. The van der Waals surface area contributed by atoms with Crippen LogP contribution in [0.5, 0.6) is 5.88 Å². The Balaban J connectivity index is 1.29. The summed E-state index contributed by atoms with van der Waals surface area (Å²) in [7, 11) is 0. The summed E-state index contributed by atoms with van der Waals surface area (Å²) in [5, 5.41) is 22.6. The number of halogens is 1. The molecule has 11 heteroatoms. The Kier molecular flexibility index (Phi) is 6.50. The molecule has 1 saturated carbocycles. The monoisotopic (exact) mass is 457 g/mol. The third-order valence-electron chi connectivity index (χ3n) is 5.00. The van der Waals surface area contributed by atoms with Gasteiger partial charge in [-0.1, -0.05) is 22.8 Å². The van der Waals surface area contributed by atoms with Crippen molar-refractivity contribution in [3.8, 4) is 5.88 Å². The molecule has 10 nitrogen and oxygen atoms in total. The van der Waals surface area contributed by atoms with Crippen LogP contribution in [0.3, 0.4) is 0 Å². The van der Waals surface area contributed by atoms with E-state index in [-0.39, 0.29) is 23.9 Å². The van der Waals surface area contributed by atoms with E-state index in [1.54, 1.807) is 36.4 Å². The second-order valence-corrected chi connectivity index (χ2v) is 7.75. The minimum absolute atomic E-state index is 0.0527. The molecule has 3 N–H and O–H groups in total. The number of aliphatic carboxylic acids is 1. The number of aromatic nitrogens is 3. The summed E-state index contributed by atoms with van der Waals surface area (Å²) in [6.45, 7) is 0. The van der Waals surface area contributed by atoms with Gasteiger partial charge in [-0.05, 0) is 49.9 Å². The Morgan fingerprint density at radius 1 is 1.09 bits per heavy atom. The van der Waals surface area contributed by atoms with Gasteiger partial charge >= 0.3 is 23.8 Å². The van der Waals surface area contributed by atoms with Crippen molar-refractivity contribution in [1.82, 2.24) is 15.2 Å². The molecule has 0 spiro atoms. The summed E-state index contributed by atoms with van der Waals surface area (Å²) in [5.74, 6) is -1.45. The number of nitrogens with one attached hydrogen (secondary N) is 2. The SMILES string of the molecule is O=C(Nc1ccc(O[C@H]2CC[C@H](C(=O)O)CC2)nc1)c1nnc(Nc2cccc(Cl)c2)o1. The number of carboxylic acids is 1. The fourth-order valence-corrected chi connectivity index (χ4v) is 3.55. The van der Waals surface area contributed by atoms with E-state index in [2.05, 4.69) is 25.8 Å². The minimum atomic E-state index is -0.754. The molecule has 166 valence electrons. The van der Waals surface area contributed by atoms with Gasteiger partial charge in [0, 0.05) is 16.8 Å². The average Bonchev–Trinajstić information content (AvgIpc) is 3.24. The van der Waals surface area contributed by atoms with E-state index in [1.165, 1.54) is 6.20 Å². The molecule has 0 atom stereocenters. The zero-order chi connectivity index (χ0) is 22.5. The van der Waals surface area contributed by atoms with Gasteiger partial charge in [-0.2, -0.15) is 0 Å². The maximum atomic E-state index is 12.4. The van der Waals surface area contributed by atoms with Crippen molar-refractivity contribution in [3.63, 3.8) is 0 Å². The number of amides is 1. The number of anilines is 3. The number of carbonyl (C=O) groups is 2. The highest BCUT2D eigenvalue weighted by molar-refractivity contribution is 6.30. The van der Waals surface area contributed by atoms with Gasteiger partial charge in [-0.25, -0.2) is 4.98 Å². The fraction of sp³-hybridized carbons (Fsp3) is 0.286. The van der Waals surface area contributed by atoms with E-state index >= 15 is 0 Å². The molecular formula is C21H20ClN5O5. The van der Waals surface area contributed by atoms with Crippen LogP contribution in [0.25, 0.3) is 0 Å². The van der Waals surface area contributed by atoms with Crippen LogP contribution in [-0.4, -0.2) is 38.3 Å². The lowest BCUT2D eigenvalue weighted by molar-refractivity contribution is -0.143. The van der Waals surface area contributed by atoms with Gasteiger partial charge in [0.1, 0.15) is 6.10 Å². The van der Waals surface area contributed by atoms with Gasteiger partial charge in [-0.15, -0.1) is 5.10 Å². The molecule has 32 heavy (non-hydrogen) atoms. The van der Waals surface area contributed by atoms with Crippen LogP contribution >= 0.6 is 11.6 Å². The van der Waals surface area contributed by atoms with E-state index in [4.69, 9.17) is 25.9 Å². The largest absolute Gasteiger partial charge is 0.481 e. The lowest BCUT2D eigenvalue weighted by Crippen LogP contribution is -2.28. The van der Waals surface area contributed by atoms with Crippen LogP contribution in [0.4, 0.5) is 17.4 Å². The summed E-state index contributed by atoms with van der Waals surface area (Å²) in [6, 6.07) is 10.3. The van der Waals surface area contributed by atoms with Gasteiger partial charge in [0.2, 0.25) is 5.88 Å². The smallest absolute Gasteiger partial charge is 0.320 e. The lowest BCUT2D eigenvalue weighted by Gasteiger charge is -2.26. The molecule has 4 rings (SSSR count). The lowest BCUT2D eigenvalue weighted by atomic mass is 9.87. The quantitative estimate of drug-likeness (QED) is 0.477. The molecule has 0 saturated heterocycles. The van der Waals surface area contributed by atoms with Gasteiger partial charge < -0.3 is 24.9 Å². The fourth-order valence-electron chi connectivity index (χ4n) is 3.36. The average molecular weight is 458 g/mol. The molecule has 0 aliphatic heterocycles. The Morgan fingerprint density at radius 2 is 1.91 bits per heavy atom. The zero-order valence-corrected chi connectivity index (χ0v) is 17.6. The van der Waals surface area contributed by atoms with Gasteiger partial charge in [0.15, 0.2) is 0 Å². The molecular weight excluding hydrogens is 438 g/mol. The van der Waals surface area contributed by atoms with Crippen LogP contribution < -0.4 is 15.4 Å². The van der Waals surface area contributed by atoms with Crippen molar-refractivity contribution < 1.29 is 23.8 Å². The van der Waals surface area contributed by atoms with Crippen molar-refractivity contribution >= 4 is 40.9 Å². The van der Waals surface area contributed by atoms with Crippen LogP contribution in [0.1, 0.15) is 36.4 Å². The topological polar surface area (TPSA) is 139 Å². The van der Waals surface area contributed by atoms with E-state index in [0.29, 0.717) is 48.0 Å². The molecule has 1 aromatic carbocycles. The van der Waals surface area contributed by atoms with Crippen molar-refractivity contribution in [2.45, 2.75) is 31.8 Å². The molecule has 1 amide bonds. The number of carbonyl (C=O) groups excluding carboxylic acids is 1. The third-order valence-corrected chi connectivity index (χ3v) is 5.24. The summed E-state index contributed by atoms with van der Waals surface area (Å²) < 4.78 is 11.2. The number of carboxylic acid groups (broad SMARTS) is 1. The van der Waals surface area contributed by atoms with Crippen LogP contribution in [0.2, 0.25) is 5.02 Å². The maximum Gasteiger partial charge on any atom is 0.320 e. The summed E-state index contributed by atoms with van der Waals surface area (Å²) >= 11 is 5.93. The first-order chi connectivity index (χ1) is 15.5. The molecule has 1 aliphatic rings. The van der Waals surface area contributed by atoms with Crippen LogP contribution in [0.15, 0.2) is 47.0 Å². The highest BCUT2D eigenvalue weighted by atomic mass is 35.5. The minimum Gasteiger partial charge on any atom is -0.481 e. The van der Waals surface area contributed by atoms with E-state index < -0.39 is 11.9 Å². The standard InChI is InChI=1S/C21H20ClN5O5/c22-13-2-1-3-14(10-13)25-21-27-26-19(32-21)18(28)24-15-6-9-17(23-11-15)31-16-7-4-12(5-8-16)20(29)30/h1-3,6,9-12,16H,4-5,7-8H2,(H,24,28)(H,25,27)(H,29,30)/t12-,16-. The molecule has 1 aliphatic carbocycles. The van der Waals surface area contributed by atoms with Crippen LogP contribution in [0, 0.1) is 5.92 Å². The second kappa shape index (κ2) is 9.65. The molecule has 0 unspecified atom stereocenters. The number of hydrogen-bond donors (Lipinski definition) is 3. The highest BCUT2D eigenvalue weighted by Gasteiger charge is 2.27. The van der Waals surface area contributed by atoms with Gasteiger partial charge in [0.05, 0.1) is 17.8 Å². The van der Waals surface area contributed by atoms with E-state index in [0.717, 1.165) is 0 Å². The van der Waals surface area contributed by atoms with Gasteiger partial charge in [-0.3, -0.25) is 9.59 Å². The van der Waals surface area contributed by atoms with E-state index in [9.17, 15) is 9.59 Å². The Hall–Kier alpha value is -3.66. The van der Waals surface area contributed by atoms with Crippen LogP contribution in [-0.2, 0) is 4.79 Å². The number of hydrogen-bond acceptors (Lipinski definition) is 8. The summed E-state index contributed by atoms with van der Waals surface area (Å²) in [6.07, 6.45) is 3.90. The summed E-state index contributed by atoms with van der Waals surface area (Å²) in [5.41, 5.74) is 1.07.